The fraction of sp³-hybridized carbons (Fsp3) is 0.0526. The summed E-state index contributed by atoms with van der Waals surface area (Å²) in [4.78, 5) is 16.3. The predicted octanol–water partition coefficient (Wildman–Crippen LogP) is 3.36. The number of benzene rings is 2. The zero-order valence-electron chi connectivity index (χ0n) is 14.5. The molecule has 0 unspecified atom stereocenters. The van der Waals surface area contributed by atoms with Gasteiger partial charge in [-0.15, -0.1) is 0 Å². The van der Waals surface area contributed by atoms with E-state index in [0.29, 0.717) is 27.9 Å². The molecule has 3 N–H and O–H groups in total. The molecule has 0 saturated heterocycles. The summed E-state index contributed by atoms with van der Waals surface area (Å²) in [7, 11) is -3.75. The fourth-order valence-electron chi connectivity index (χ4n) is 2.33. The Morgan fingerprint density at radius 3 is 2.29 bits per heavy atom. The Labute approximate surface area is 167 Å². The SMILES string of the molecule is NS(=O)(=O)c1ccc(CC(=O)Nc2ccc(Oc3ccc(Cl)cc3)nc2)cc1. The number of primary sulfonamides is 1. The lowest BCUT2D eigenvalue weighted by Crippen LogP contribution is -2.15. The molecule has 3 aromatic rings. The number of ether oxygens (including phenoxy) is 1. The largest absolute Gasteiger partial charge is 0.439 e. The van der Waals surface area contributed by atoms with Gasteiger partial charge in [0.1, 0.15) is 5.75 Å². The van der Waals surface area contributed by atoms with Crippen LogP contribution in [-0.2, 0) is 21.2 Å². The van der Waals surface area contributed by atoms with E-state index < -0.39 is 10.0 Å². The van der Waals surface area contributed by atoms with Gasteiger partial charge in [0.25, 0.3) is 0 Å². The first kappa shape index (κ1) is 19.8. The van der Waals surface area contributed by atoms with E-state index in [4.69, 9.17) is 21.5 Å². The second kappa shape index (κ2) is 8.39. The van der Waals surface area contributed by atoms with E-state index >= 15 is 0 Å². The molecule has 2 aromatic carbocycles. The van der Waals surface area contributed by atoms with Gasteiger partial charge >= 0.3 is 0 Å². The summed E-state index contributed by atoms with van der Waals surface area (Å²) in [5, 5.41) is 8.37. The van der Waals surface area contributed by atoms with Crippen molar-refractivity contribution in [1.82, 2.24) is 4.98 Å². The fourth-order valence-corrected chi connectivity index (χ4v) is 2.97. The number of pyridine rings is 1. The molecule has 28 heavy (non-hydrogen) atoms. The monoisotopic (exact) mass is 417 g/mol. The minimum atomic E-state index is -3.75. The number of nitrogens with one attached hydrogen (secondary N) is 1. The molecule has 1 aromatic heterocycles. The van der Waals surface area contributed by atoms with Crippen molar-refractivity contribution in [3.05, 3.63) is 77.4 Å². The van der Waals surface area contributed by atoms with Gasteiger partial charge in [-0.2, -0.15) is 0 Å². The van der Waals surface area contributed by atoms with Crippen LogP contribution in [0.4, 0.5) is 5.69 Å². The minimum absolute atomic E-state index is 0.00265. The highest BCUT2D eigenvalue weighted by Gasteiger charge is 2.09. The Hall–Kier alpha value is -2.94. The summed E-state index contributed by atoms with van der Waals surface area (Å²) in [6, 6.07) is 16.0. The molecule has 0 spiro atoms. The minimum Gasteiger partial charge on any atom is -0.439 e. The highest BCUT2D eigenvalue weighted by molar-refractivity contribution is 7.89. The number of carbonyl (C=O) groups excluding carboxylic acids is 1. The molecule has 0 aliphatic rings. The van der Waals surface area contributed by atoms with Crippen molar-refractivity contribution in [2.75, 3.05) is 5.32 Å². The Balaban J connectivity index is 1.57. The van der Waals surface area contributed by atoms with Gasteiger partial charge in [0.05, 0.1) is 23.2 Å². The number of halogens is 1. The molecular formula is C19H16ClN3O4S. The Kier molecular flexibility index (Phi) is 5.93. The number of nitrogens with two attached hydrogens (primary N) is 1. The van der Waals surface area contributed by atoms with Crippen molar-refractivity contribution < 1.29 is 17.9 Å². The second-order valence-electron chi connectivity index (χ2n) is 5.86. The maximum absolute atomic E-state index is 12.1. The highest BCUT2D eigenvalue weighted by Crippen LogP contribution is 2.22. The van der Waals surface area contributed by atoms with Crippen LogP contribution in [0.15, 0.2) is 71.8 Å². The first-order chi connectivity index (χ1) is 13.3. The van der Waals surface area contributed by atoms with Crippen LogP contribution >= 0.6 is 11.6 Å². The van der Waals surface area contributed by atoms with Gasteiger partial charge in [0.15, 0.2) is 0 Å². The summed E-state index contributed by atoms with van der Waals surface area (Å²) in [6.45, 7) is 0. The first-order valence-electron chi connectivity index (χ1n) is 8.11. The van der Waals surface area contributed by atoms with Crippen molar-refractivity contribution in [1.29, 1.82) is 0 Å². The standard InChI is InChI=1S/C19H16ClN3O4S/c20-14-3-6-16(7-4-14)27-19-10-5-15(12-22-19)23-18(24)11-13-1-8-17(9-2-13)28(21,25)26/h1-10,12H,11H2,(H,23,24)(H2,21,25,26). The molecule has 3 rings (SSSR count). The van der Waals surface area contributed by atoms with Crippen LogP contribution in [-0.4, -0.2) is 19.3 Å². The molecule has 0 bridgehead atoms. The summed E-state index contributed by atoms with van der Waals surface area (Å²) in [5.41, 5.74) is 1.16. The molecule has 144 valence electrons. The smallest absolute Gasteiger partial charge is 0.238 e. The Morgan fingerprint density at radius 2 is 1.71 bits per heavy atom. The zero-order valence-corrected chi connectivity index (χ0v) is 16.1. The molecular weight excluding hydrogens is 402 g/mol. The average Bonchev–Trinajstić information content (AvgIpc) is 2.65. The zero-order chi connectivity index (χ0) is 20.1. The van der Waals surface area contributed by atoms with Crippen LogP contribution in [0.25, 0.3) is 0 Å². The lowest BCUT2D eigenvalue weighted by atomic mass is 10.1. The third-order valence-electron chi connectivity index (χ3n) is 3.67. The quantitative estimate of drug-likeness (QED) is 0.638. The van der Waals surface area contributed by atoms with E-state index in [2.05, 4.69) is 10.3 Å². The van der Waals surface area contributed by atoms with E-state index in [1.54, 1.807) is 48.5 Å². The number of anilines is 1. The van der Waals surface area contributed by atoms with Crippen LogP contribution in [0.5, 0.6) is 11.6 Å². The van der Waals surface area contributed by atoms with E-state index in [0.717, 1.165) is 0 Å². The molecule has 1 amide bonds. The van der Waals surface area contributed by atoms with E-state index in [-0.39, 0.29) is 17.2 Å². The summed E-state index contributed by atoms with van der Waals surface area (Å²) >= 11 is 5.83. The predicted molar refractivity (Wildman–Crippen MR) is 106 cm³/mol. The molecule has 0 aliphatic carbocycles. The van der Waals surface area contributed by atoms with Crippen molar-refractivity contribution in [3.8, 4) is 11.6 Å². The van der Waals surface area contributed by atoms with Gasteiger partial charge in [-0.3, -0.25) is 4.79 Å². The van der Waals surface area contributed by atoms with Crippen molar-refractivity contribution in [2.45, 2.75) is 11.3 Å². The lowest BCUT2D eigenvalue weighted by Gasteiger charge is -2.08. The van der Waals surface area contributed by atoms with Gasteiger partial charge in [-0.1, -0.05) is 23.7 Å². The third kappa shape index (κ3) is 5.53. The first-order valence-corrected chi connectivity index (χ1v) is 10.0. The maximum atomic E-state index is 12.1. The normalized spacial score (nSPS) is 11.1. The second-order valence-corrected chi connectivity index (χ2v) is 7.85. The molecule has 0 aliphatic heterocycles. The van der Waals surface area contributed by atoms with Crippen molar-refractivity contribution in [3.63, 3.8) is 0 Å². The van der Waals surface area contributed by atoms with Crippen LogP contribution < -0.4 is 15.2 Å². The van der Waals surface area contributed by atoms with E-state index in [1.807, 2.05) is 0 Å². The Morgan fingerprint density at radius 1 is 1.04 bits per heavy atom. The molecule has 7 nitrogen and oxygen atoms in total. The lowest BCUT2D eigenvalue weighted by molar-refractivity contribution is -0.115. The molecule has 0 saturated carbocycles. The maximum Gasteiger partial charge on any atom is 0.238 e. The molecule has 1 heterocycles. The molecule has 0 radical (unpaired) electrons. The topological polar surface area (TPSA) is 111 Å². The van der Waals surface area contributed by atoms with E-state index in [9.17, 15) is 13.2 Å². The number of sulfonamides is 1. The molecule has 0 atom stereocenters. The summed E-state index contributed by atoms with van der Waals surface area (Å²) < 4.78 is 28.1. The third-order valence-corrected chi connectivity index (χ3v) is 4.85. The van der Waals surface area contributed by atoms with Crippen LogP contribution in [0.1, 0.15) is 5.56 Å². The van der Waals surface area contributed by atoms with Gasteiger partial charge in [-0.25, -0.2) is 18.5 Å². The number of hydrogen-bond donors (Lipinski definition) is 2. The number of hydrogen-bond acceptors (Lipinski definition) is 5. The van der Waals surface area contributed by atoms with Crippen LogP contribution in [0, 0.1) is 0 Å². The van der Waals surface area contributed by atoms with Crippen molar-refractivity contribution >= 4 is 33.2 Å². The average molecular weight is 418 g/mol. The Bertz CT molecular complexity index is 1070. The molecule has 9 heteroatoms. The highest BCUT2D eigenvalue weighted by atomic mass is 35.5. The number of carbonyl (C=O) groups is 1. The van der Waals surface area contributed by atoms with Crippen LogP contribution in [0.3, 0.4) is 0 Å². The van der Waals surface area contributed by atoms with Crippen LogP contribution in [0.2, 0.25) is 5.02 Å². The van der Waals surface area contributed by atoms with Gasteiger partial charge in [-0.05, 0) is 48.0 Å². The number of rotatable bonds is 6. The summed E-state index contributed by atoms with van der Waals surface area (Å²) in [5.74, 6) is 0.701. The number of aromatic nitrogens is 1. The van der Waals surface area contributed by atoms with E-state index in [1.165, 1.54) is 18.3 Å². The van der Waals surface area contributed by atoms with Gasteiger partial charge < -0.3 is 10.1 Å². The van der Waals surface area contributed by atoms with Crippen molar-refractivity contribution in [2.24, 2.45) is 5.14 Å². The van der Waals surface area contributed by atoms with Gasteiger partial charge in [0.2, 0.25) is 21.8 Å². The number of amides is 1. The molecule has 0 fully saturated rings. The summed E-state index contributed by atoms with van der Waals surface area (Å²) in [6.07, 6.45) is 1.56. The number of nitrogens with zero attached hydrogens (tertiary/aromatic N) is 1. The van der Waals surface area contributed by atoms with Gasteiger partial charge in [0, 0.05) is 11.1 Å².